The second-order valence-corrected chi connectivity index (χ2v) is 11.4. The lowest BCUT2D eigenvalue weighted by atomic mass is 10.0. The third kappa shape index (κ3) is 4.38. The molecule has 0 amide bonds. The molecule has 0 atom stereocenters. The number of aromatic nitrogens is 2. The van der Waals surface area contributed by atoms with E-state index in [1.54, 1.807) is 42.6 Å². The second kappa shape index (κ2) is 9.03. The zero-order valence-corrected chi connectivity index (χ0v) is 20.6. The molecule has 0 unspecified atom stereocenters. The lowest BCUT2D eigenvalue weighted by Gasteiger charge is -2.23. The van der Waals surface area contributed by atoms with Gasteiger partial charge in [0, 0.05) is 29.3 Å². The van der Waals surface area contributed by atoms with Crippen molar-refractivity contribution in [3.8, 4) is 5.75 Å². The maximum atomic E-state index is 13.3. The highest BCUT2D eigenvalue weighted by atomic mass is 35.5. The molecular formula is C22H26ClN3O4S2. The van der Waals surface area contributed by atoms with E-state index in [0.29, 0.717) is 21.5 Å². The molecule has 1 aliphatic rings. The summed E-state index contributed by atoms with van der Waals surface area (Å²) in [5.41, 5.74) is 1.70. The van der Waals surface area contributed by atoms with E-state index in [-0.39, 0.29) is 16.3 Å². The molecule has 10 heteroatoms. The van der Waals surface area contributed by atoms with E-state index >= 15 is 0 Å². The minimum absolute atomic E-state index is 0.0387. The number of nitrogens with one attached hydrogen (secondary N) is 1. The summed E-state index contributed by atoms with van der Waals surface area (Å²) < 4.78 is 37.8. The molecule has 0 radical (unpaired) electrons. The van der Waals surface area contributed by atoms with Crippen LogP contribution in [0.1, 0.15) is 32.1 Å². The van der Waals surface area contributed by atoms with Crippen molar-refractivity contribution < 1.29 is 13.2 Å². The molecule has 3 aromatic rings. The van der Waals surface area contributed by atoms with Gasteiger partial charge >= 0.3 is 5.69 Å². The molecule has 0 spiro atoms. The van der Waals surface area contributed by atoms with Gasteiger partial charge in [0.05, 0.1) is 23.8 Å². The van der Waals surface area contributed by atoms with E-state index in [1.807, 2.05) is 6.07 Å². The Morgan fingerprint density at radius 1 is 1.06 bits per heavy atom. The number of halogens is 1. The van der Waals surface area contributed by atoms with Gasteiger partial charge in [0.25, 0.3) is 10.0 Å². The number of hydrogen-bond donors (Lipinski definition) is 1. The summed E-state index contributed by atoms with van der Waals surface area (Å²) in [6, 6.07) is 8.11. The van der Waals surface area contributed by atoms with Crippen molar-refractivity contribution in [1.29, 1.82) is 0 Å². The first kappa shape index (κ1) is 23.1. The van der Waals surface area contributed by atoms with Crippen LogP contribution in [0.4, 0.5) is 5.69 Å². The van der Waals surface area contributed by atoms with Crippen LogP contribution >= 0.6 is 23.4 Å². The van der Waals surface area contributed by atoms with Gasteiger partial charge in [-0.25, -0.2) is 13.2 Å². The van der Waals surface area contributed by atoms with E-state index in [0.717, 1.165) is 23.3 Å². The normalized spacial score (nSPS) is 15.2. The Morgan fingerprint density at radius 3 is 2.38 bits per heavy atom. The van der Waals surface area contributed by atoms with Gasteiger partial charge in [-0.05, 0) is 43.2 Å². The van der Waals surface area contributed by atoms with Crippen molar-refractivity contribution in [2.45, 2.75) is 47.1 Å². The number of nitrogens with zero attached hydrogens (tertiary/aromatic N) is 2. The molecule has 0 aliphatic heterocycles. The van der Waals surface area contributed by atoms with E-state index in [9.17, 15) is 13.2 Å². The highest BCUT2D eigenvalue weighted by Crippen LogP contribution is 2.40. The van der Waals surface area contributed by atoms with Gasteiger partial charge in [-0.1, -0.05) is 30.9 Å². The van der Waals surface area contributed by atoms with Crippen molar-refractivity contribution in [3.63, 3.8) is 0 Å². The van der Waals surface area contributed by atoms with Crippen molar-refractivity contribution in [2.24, 2.45) is 14.1 Å². The fraction of sp³-hybridized carbons (Fsp3) is 0.409. The van der Waals surface area contributed by atoms with Crippen molar-refractivity contribution >= 4 is 50.1 Å². The minimum Gasteiger partial charge on any atom is -0.495 e. The Kier molecular flexibility index (Phi) is 6.51. The Bertz CT molecular complexity index is 1330. The quantitative estimate of drug-likeness (QED) is 0.533. The number of methoxy groups -OCH3 is 1. The molecule has 1 N–H and O–H groups in total. The number of rotatable bonds is 6. The second-order valence-electron chi connectivity index (χ2n) is 8.02. The average Bonchev–Trinajstić information content (AvgIpc) is 2.98. The lowest BCUT2D eigenvalue weighted by Crippen LogP contribution is -2.19. The van der Waals surface area contributed by atoms with E-state index < -0.39 is 10.0 Å². The van der Waals surface area contributed by atoms with Crippen molar-refractivity contribution in [3.05, 3.63) is 45.8 Å². The van der Waals surface area contributed by atoms with Crippen LogP contribution in [0, 0.1) is 0 Å². The number of ether oxygens (including phenoxy) is 1. The fourth-order valence-corrected chi connectivity index (χ4v) is 7.04. The Labute approximate surface area is 196 Å². The molecule has 1 heterocycles. The Morgan fingerprint density at radius 2 is 1.72 bits per heavy atom. The third-order valence-electron chi connectivity index (χ3n) is 5.88. The fourth-order valence-electron chi connectivity index (χ4n) is 4.13. The predicted molar refractivity (Wildman–Crippen MR) is 130 cm³/mol. The maximum Gasteiger partial charge on any atom is 0.328 e. The summed E-state index contributed by atoms with van der Waals surface area (Å²) in [4.78, 5) is 13.2. The smallest absolute Gasteiger partial charge is 0.328 e. The maximum absolute atomic E-state index is 13.3. The van der Waals surface area contributed by atoms with Crippen LogP contribution in [0.2, 0.25) is 5.02 Å². The van der Waals surface area contributed by atoms with Gasteiger partial charge < -0.3 is 4.74 Å². The summed E-state index contributed by atoms with van der Waals surface area (Å²) >= 11 is 7.74. The van der Waals surface area contributed by atoms with Crippen LogP contribution in [0.15, 0.2) is 44.9 Å². The molecule has 1 saturated carbocycles. The highest BCUT2D eigenvalue weighted by Gasteiger charge is 2.24. The summed E-state index contributed by atoms with van der Waals surface area (Å²) in [5.74, 6) is 0.205. The molecule has 4 rings (SSSR count). The van der Waals surface area contributed by atoms with E-state index in [4.69, 9.17) is 16.3 Å². The number of hydrogen-bond acceptors (Lipinski definition) is 5. The lowest BCUT2D eigenvalue weighted by molar-refractivity contribution is 0.403. The van der Waals surface area contributed by atoms with Crippen LogP contribution < -0.4 is 15.1 Å². The molecular weight excluding hydrogens is 470 g/mol. The van der Waals surface area contributed by atoms with Gasteiger partial charge in [0.1, 0.15) is 10.6 Å². The minimum atomic E-state index is -3.99. The third-order valence-corrected chi connectivity index (χ3v) is 8.90. The number of benzene rings is 2. The first-order valence-electron chi connectivity index (χ1n) is 10.4. The molecule has 0 bridgehead atoms. The SMILES string of the molecule is COc1ccc(Cl)cc1S(=O)(=O)Nc1cc2c(cc1SC1CCCCC1)n(C)c(=O)n2C. The predicted octanol–water partition coefficient (Wildman–Crippen LogP) is 4.76. The first-order valence-corrected chi connectivity index (χ1v) is 13.2. The molecule has 1 aromatic heterocycles. The summed E-state index contributed by atoms with van der Waals surface area (Å²) in [5, 5.41) is 0.704. The largest absolute Gasteiger partial charge is 0.495 e. The molecule has 0 saturated heterocycles. The van der Waals surface area contributed by atoms with Gasteiger partial charge in [0.2, 0.25) is 0 Å². The molecule has 1 fully saturated rings. The van der Waals surface area contributed by atoms with Crippen LogP contribution in [0.25, 0.3) is 11.0 Å². The number of aryl methyl sites for hydroxylation is 2. The Balaban J connectivity index is 1.82. The van der Waals surface area contributed by atoms with E-state index in [2.05, 4.69) is 4.72 Å². The number of imidazole rings is 1. The van der Waals surface area contributed by atoms with Crippen LogP contribution in [-0.2, 0) is 24.1 Å². The zero-order chi connectivity index (χ0) is 23.0. The standard InChI is InChI=1S/C22H26ClN3O4S2/c1-25-17-12-16(24-32(28,29)21-11-14(23)9-10-19(21)30-3)20(13-18(17)26(2)22(25)27)31-15-7-5-4-6-8-15/h9-13,15,24H,4-8H2,1-3H3. The summed E-state index contributed by atoms with van der Waals surface area (Å²) in [6.07, 6.45) is 5.75. The molecule has 2 aromatic carbocycles. The van der Waals surface area contributed by atoms with Crippen molar-refractivity contribution in [2.75, 3.05) is 11.8 Å². The van der Waals surface area contributed by atoms with Gasteiger partial charge in [-0.15, -0.1) is 11.8 Å². The van der Waals surface area contributed by atoms with Gasteiger partial charge in [-0.2, -0.15) is 0 Å². The topological polar surface area (TPSA) is 82.3 Å². The van der Waals surface area contributed by atoms with Gasteiger partial charge in [0.15, 0.2) is 0 Å². The summed E-state index contributed by atoms with van der Waals surface area (Å²) in [6.45, 7) is 0. The number of sulfonamides is 1. The number of thioether (sulfide) groups is 1. The number of fused-ring (bicyclic) bond motifs is 1. The molecule has 1 aliphatic carbocycles. The molecule has 32 heavy (non-hydrogen) atoms. The van der Waals surface area contributed by atoms with Gasteiger partial charge in [-0.3, -0.25) is 13.9 Å². The monoisotopic (exact) mass is 495 g/mol. The van der Waals surface area contributed by atoms with Crippen LogP contribution in [0.5, 0.6) is 5.75 Å². The highest BCUT2D eigenvalue weighted by molar-refractivity contribution is 8.00. The first-order chi connectivity index (χ1) is 15.2. The number of anilines is 1. The zero-order valence-electron chi connectivity index (χ0n) is 18.2. The van der Waals surface area contributed by atoms with Crippen LogP contribution in [-0.4, -0.2) is 29.9 Å². The average molecular weight is 496 g/mol. The molecule has 172 valence electrons. The van der Waals surface area contributed by atoms with Crippen molar-refractivity contribution in [1.82, 2.24) is 9.13 Å². The van der Waals surface area contributed by atoms with E-state index in [1.165, 1.54) is 43.1 Å². The molecule has 7 nitrogen and oxygen atoms in total. The Hall–Kier alpha value is -2.10. The van der Waals surface area contributed by atoms with Crippen LogP contribution in [0.3, 0.4) is 0 Å². The summed E-state index contributed by atoms with van der Waals surface area (Å²) in [7, 11) is 0.822.